The first-order chi connectivity index (χ1) is 7.20. The van der Waals surface area contributed by atoms with Gasteiger partial charge in [0.15, 0.2) is 0 Å². The molecule has 1 aliphatic rings. The lowest BCUT2D eigenvalue weighted by Crippen LogP contribution is -2.32. The van der Waals surface area contributed by atoms with Crippen LogP contribution in [0.15, 0.2) is 12.2 Å². The van der Waals surface area contributed by atoms with E-state index in [0.29, 0.717) is 12.0 Å². The maximum Gasteiger partial charge on any atom is 0.344 e. The van der Waals surface area contributed by atoms with Crippen molar-refractivity contribution >= 4 is 78.5 Å². The predicted molar refractivity (Wildman–Crippen MR) is 81.7 cm³/mol. The molecule has 0 aliphatic heterocycles. The lowest BCUT2D eigenvalue weighted by atomic mass is 9.92. The average Bonchev–Trinajstić information content (AvgIpc) is 2.13. The summed E-state index contributed by atoms with van der Waals surface area (Å²) in [4.78, 5) is 0. The number of rotatable bonds is 4. The highest BCUT2D eigenvalue weighted by Gasteiger charge is 2.46. The van der Waals surface area contributed by atoms with Crippen LogP contribution in [0.4, 0.5) is 0 Å². The van der Waals surface area contributed by atoms with Gasteiger partial charge in [-0.05, 0) is 36.8 Å². The first-order valence-corrected chi connectivity index (χ1v) is 15.3. The summed E-state index contributed by atoms with van der Waals surface area (Å²) in [6, 6.07) is -5.10. The third-order valence-corrected chi connectivity index (χ3v) is 9.49. The third-order valence-electron chi connectivity index (χ3n) is 2.75. The van der Waals surface area contributed by atoms with E-state index in [2.05, 4.69) is 12.2 Å². The summed E-state index contributed by atoms with van der Waals surface area (Å²) < 4.78 is 0. The number of halogens is 6. The molecule has 2 unspecified atom stereocenters. The monoisotopic (exact) mass is 374 g/mol. The Morgan fingerprint density at radius 1 is 1.06 bits per heavy atom. The minimum atomic E-state index is -2.82. The van der Waals surface area contributed by atoms with Gasteiger partial charge in [0, 0.05) is 0 Å². The predicted octanol–water partition coefficient (Wildman–Crippen LogP) is 6.02. The fourth-order valence-corrected chi connectivity index (χ4v) is 11.8. The van der Waals surface area contributed by atoms with Gasteiger partial charge in [-0.1, -0.05) is 12.2 Å². The normalized spacial score (nSPS) is 24.5. The molecule has 2 atom stereocenters. The minimum absolute atomic E-state index is 0.0402. The number of hydrogen-bond donors (Lipinski definition) is 0. The topological polar surface area (TPSA) is 0 Å². The van der Waals surface area contributed by atoms with Gasteiger partial charge in [0.05, 0.1) is 0 Å². The van der Waals surface area contributed by atoms with Gasteiger partial charge in [-0.2, -0.15) is 0 Å². The van der Waals surface area contributed by atoms with Gasteiger partial charge >= 0.3 is 12.0 Å². The Balaban J connectivity index is 2.75. The molecule has 8 heteroatoms. The van der Waals surface area contributed by atoms with Gasteiger partial charge in [0.25, 0.3) is 0 Å². The second-order valence-electron chi connectivity index (χ2n) is 4.01. The number of hydrogen-bond acceptors (Lipinski definition) is 0. The van der Waals surface area contributed by atoms with E-state index in [9.17, 15) is 0 Å². The minimum Gasteiger partial charge on any atom is -0.126 e. The van der Waals surface area contributed by atoms with E-state index < -0.39 is 12.0 Å². The molecule has 0 aromatic carbocycles. The average molecular weight is 377 g/mol. The van der Waals surface area contributed by atoms with E-state index in [-0.39, 0.29) is 5.54 Å². The Kier molecular flexibility index (Phi) is 6.37. The van der Waals surface area contributed by atoms with E-state index in [1.165, 1.54) is 0 Å². The van der Waals surface area contributed by atoms with Crippen LogP contribution in [0, 0.1) is 5.92 Å². The van der Waals surface area contributed by atoms with Crippen molar-refractivity contribution in [2.45, 2.75) is 30.8 Å². The number of allylic oxidation sites excluding steroid dienone is 2. The van der Waals surface area contributed by atoms with Crippen LogP contribution in [0.3, 0.4) is 0 Å². The van der Waals surface area contributed by atoms with Crippen LogP contribution in [0.1, 0.15) is 19.3 Å². The van der Waals surface area contributed by atoms with E-state index >= 15 is 0 Å². The SMILES string of the molecule is Cl[Si](Cl)(Cl)CC(C1CC=CCC1)[Si](Cl)(Cl)Cl. The summed E-state index contributed by atoms with van der Waals surface area (Å²) in [5, 5.41) is 0. The molecule has 0 saturated heterocycles. The molecule has 0 bridgehead atoms. The zero-order valence-electron chi connectivity index (χ0n) is 8.41. The lowest BCUT2D eigenvalue weighted by molar-refractivity contribution is 0.461. The Hall–Kier alpha value is 1.91. The van der Waals surface area contributed by atoms with E-state index in [4.69, 9.17) is 66.5 Å². The van der Waals surface area contributed by atoms with Crippen molar-refractivity contribution < 1.29 is 0 Å². The van der Waals surface area contributed by atoms with Crippen molar-refractivity contribution in [2.75, 3.05) is 0 Å². The van der Waals surface area contributed by atoms with Crippen molar-refractivity contribution in [3.05, 3.63) is 12.2 Å². The van der Waals surface area contributed by atoms with Gasteiger partial charge in [-0.25, -0.2) is 0 Å². The fraction of sp³-hybridized carbons (Fsp3) is 0.750. The summed E-state index contributed by atoms with van der Waals surface area (Å²) in [6.45, 7) is 0. The summed E-state index contributed by atoms with van der Waals surface area (Å²) in [7, 11) is 0. The zero-order chi connectivity index (χ0) is 12.4. The van der Waals surface area contributed by atoms with Gasteiger partial charge in [0.1, 0.15) is 0 Å². The first-order valence-electron chi connectivity index (χ1n) is 4.98. The van der Waals surface area contributed by atoms with Gasteiger partial charge in [-0.15, -0.1) is 66.5 Å². The summed E-state index contributed by atoms with van der Waals surface area (Å²) in [5.74, 6) is 0.354. The quantitative estimate of drug-likeness (QED) is 0.319. The van der Waals surface area contributed by atoms with E-state index in [1.807, 2.05) is 0 Å². The Morgan fingerprint density at radius 3 is 2.06 bits per heavy atom. The van der Waals surface area contributed by atoms with E-state index in [1.54, 1.807) is 0 Å². The van der Waals surface area contributed by atoms with Crippen molar-refractivity contribution in [3.8, 4) is 0 Å². The molecule has 0 amide bonds. The van der Waals surface area contributed by atoms with Crippen LogP contribution in [0.5, 0.6) is 0 Å². The second kappa shape index (κ2) is 6.38. The summed E-state index contributed by atoms with van der Waals surface area (Å²) in [5.41, 5.74) is -0.0402. The molecular formula is C8H12Cl6Si2. The summed E-state index contributed by atoms with van der Waals surface area (Å²) in [6.07, 6.45) is 7.27. The van der Waals surface area contributed by atoms with Crippen LogP contribution in [0.25, 0.3) is 0 Å². The molecule has 0 saturated carbocycles. The maximum atomic E-state index is 6.13. The molecular weight excluding hydrogens is 365 g/mol. The maximum absolute atomic E-state index is 6.13. The molecule has 94 valence electrons. The van der Waals surface area contributed by atoms with Crippen molar-refractivity contribution in [1.82, 2.24) is 0 Å². The van der Waals surface area contributed by atoms with Crippen LogP contribution in [-0.2, 0) is 0 Å². The van der Waals surface area contributed by atoms with Crippen LogP contribution in [-0.4, -0.2) is 12.0 Å². The molecule has 0 radical (unpaired) electrons. The highest BCUT2D eigenvalue weighted by molar-refractivity contribution is 7.67. The largest absolute Gasteiger partial charge is 0.344 e. The second-order valence-corrected chi connectivity index (χ2v) is 22.1. The molecule has 0 heterocycles. The first kappa shape index (κ1) is 16.0. The summed E-state index contributed by atoms with van der Waals surface area (Å²) >= 11 is 36.2. The van der Waals surface area contributed by atoms with Gasteiger partial charge in [0.2, 0.25) is 0 Å². The van der Waals surface area contributed by atoms with Crippen LogP contribution in [0.2, 0.25) is 11.6 Å². The van der Waals surface area contributed by atoms with E-state index in [0.717, 1.165) is 19.3 Å². The Labute approximate surface area is 126 Å². The van der Waals surface area contributed by atoms with Gasteiger partial charge in [-0.3, -0.25) is 0 Å². The van der Waals surface area contributed by atoms with Crippen molar-refractivity contribution in [3.63, 3.8) is 0 Å². The third kappa shape index (κ3) is 5.70. The zero-order valence-corrected chi connectivity index (χ0v) is 14.9. The smallest absolute Gasteiger partial charge is 0.126 e. The Morgan fingerprint density at radius 2 is 1.69 bits per heavy atom. The molecule has 1 aliphatic carbocycles. The van der Waals surface area contributed by atoms with Crippen LogP contribution >= 0.6 is 66.5 Å². The Bertz CT molecular complexity index is 256. The molecule has 16 heavy (non-hydrogen) atoms. The van der Waals surface area contributed by atoms with Crippen molar-refractivity contribution in [2.24, 2.45) is 5.92 Å². The molecule has 0 fully saturated rings. The molecule has 0 aromatic heterocycles. The van der Waals surface area contributed by atoms with Crippen LogP contribution < -0.4 is 0 Å². The lowest BCUT2D eigenvalue weighted by Gasteiger charge is -2.33. The molecule has 0 nitrogen and oxygen atoms in total. The fourth-order valence-electron chi connectivity index (χ4n) is 1.98. The van der Waals surface area contributed by atoms with Crippen molar-refractivity contribution in [1.29, 1.82) is 0 Å². The standard InChI is InChI=1S/C8H12Cl6Si2/c9-15(10,11)6-8(16(12,13)14)7-4-2-1-3-5-7/h1-2,7-8H,3-6H2. The highest BCUT2D eigenvalue weighted by Crippen LogP contribution is 2.50. The molecule has 0 aromatic rings. The molecule has 0 N–H and O–H groups in total. The molecule has 0 spiro atoms. The highest BCUT2D eigenvalue weighted by atomic mass is 35.8. The molecule has 1 rings (SSSR count). The van der Waals surface area contributed by atoms with Gasteiger partial charge < -0.3 is 0 Å².